The van der Waals surface area contributed by atoms with Gasteiger partial charge in [0.15, 0.2) is 5.96 Å². The van der Waals surface area contributed by atoms with E-state index in [1.165, 1.54) is 5.56 Å². The topological polar surface area (TPSA) is 59.6 Å². The summed E-state index contributed by atoms with van der Waals surface area (Å²) in [6.45, 7) is 4.60. The average molecular weight is 417 g/mol. The van der Waals surface area contributed by atoms with Crippen LogP contribution < -0.4 is 15.8 Å². The predicted octanol–water partition coefficient (Wildman–Crippen LogP) is 4.08. The molecule has 0 aliphatic rings. The molecule has 0 atom stereocenters. The maximum atomic E-state index is 5.85. The Hall–Kier alpha value is -1.28. The Balaban J connectivity index is 0.00000220. The molecule has 0 bridgehead atoms. The van der Waals surface area contributed by atoms with E-state index in [-0.39, 0.29) is 30.1 Å². The third kappa shape index (κ3) is 6.34. The second-order valence-electron chi connectivity index (χ2n) is 4.65. The molecule has 0 spiro atoms. The van der Waals surface area contributed by atoms with Crippen molar-refractivity contribution in [1.29, 1.82) is 0 Å². The molecule has 114 valence electrons. The number of rotatable bonds is 5. The summed E-state index contributed by atoms with van der Waals surface area (Å²) in [5, 5.41) is 7.15. The number of thiophene rings is 1. The molecule has 0 fully saturated rings. The number of hydrogen-bond acceptors (Lipinski definition) is 3. The summed E-state index contributed by atoms with van der Waals surface area (Å²) < 4.78 is 5.58. The van der Waals surface area contributed by atoms with Gasteiger partial charge in [0.05, 0.1) is 12.6 Å². The van der Waals surface area contributed by atoms with E-state index < -0.39 is 0 Å². The van der Waals surface area contributed by atoms with Gasteiger partial charge in [-0.1, -0.05) is 0 Å². The van der Waals surface area contributed by atoms with Crippen LogP contribution in [-0.2, 0) is 6.54 Å². The first-order valence-electron chi connectivity index (χ1n) is 6.48. The van der Waals surface area contributed by atoms with E-state index in [4.69, 9.17) is 10.5 Å². The number of benzene rings is 1. The third-order valence-corrected chi connectivity index (χ3v) is 3.24. The fourth-order valence-corrected chi connectivity index (χ4v) is 2.30. The Morgan fingerprint density at radius 1 is 1.29 bits per heavy atom. The lowest BCUT2D eigenvalue weighted by molar-refractivity contribution is 0.242. The molecule has 4 nitrogen and oxygen atoms in total. The van der Waals surface area contributed by atoms with E-state index >= 15 is 0 Å². The van der Waals surface area contributed by atoms with Crippen molar-refractivity contribution in [2.45, 2.75) is 26.5 Å². The number of ether oxygens (including phenoxy) is 1. The number of hydrogen-bond donors (Lipinski definition) is 2. The number of aliphatic imine (C=N–C) groups is 1. The van der Waals surface area contributed by atoms with Crippen LogP contribution in [-0.4, -0.2) is 12.1 Å². The van der Waals surface area contributed by atoms with Crippen molar-refractivity contribution in [2.24, 2.45) is 10.7 Å². The zero-order chi connectivity index (χ0) is 14.4. The summed E-state index contributed by atoms with van der Waals surface area (Å²) in [5.41, 5.74) is 7.92. The van der Waals surface area contributed by atoms with E-state index in [9.17, 15) is 0 Å². The Labute approximate surface area is 146 Å². The first kappa shape index (κ1) is 17.8. The molecule has 0 unspecified atom stereocenters. The smallest absolute Gasteiger partial charge is 0.193 e. The van der Waals surface area contributed by atoms with Gasteiger partial charge >= 0.3 is 0 Å². The average Bonchev–Trinajstić information content (AvgIpc) is 2.91. The lowest BCUT2D eigenvalue weighted by Crippen LogP contribution is -2.22. The Kier molecular flexibility index (Phi) is 7.52. The zero-order valence-electron chi connectivity index (χ0n) is 12.1. The van der Waals surface area contributed by atoms with Gasteiger partial charge in [0.25, 0.3) is 0 Å². The number of guanidine groups is 1. The minimum absolute atomic E-state index is 0. The van der Waals surface area contributed by atoms with Crippen molar-refractivity contribution in [2.75, 3.05) is 5.32 Å². The predicted molar refractivity (Wildman–Crippen MR) is 101 cm³/mol. The summed E-state index contributed by atoms with van der Waals surface area (Å²) >= 11 is 1.66. The molecule has 1 heterocycles. The van der Waals surface area contributed by atoms with Gasteiger partial charge in [-0.3, -0.25) is 0 Å². The Bertz CT molecular complexity index is 553. The van der Waals surface area contributed by atoms with E-state index in [0.29, 0.717) is 12.5 Å². The summed E-state index contributed by atoms with van der Waals surface area (Å²) in [6.07, 6.45) is 0.172. The first-order chi connectivity index (χ1) is 9.63. The van der Waals surface area contributed by atoms with Crippen LogP contribution in [0.15, 0.2) is 46.1 Å². The molecule has 1 aromatic carbocycles. The number of nitrogens with two attached hydrogens (primary N) is 1. The highest BCUT2D eigenvalue weighted by atomic mass is 127. The molecule has 0 amide bonds. The molecular weight excluding hydrogens is 397 g/mol. The summed E-state index contributed by atoms with van der Waals surface area (Å²) in [7, 11) is 0. The molecule has 2 aromatic rings. The lowest BCUT2D eigenvalue weighted by Gasteiger charge is -2.10. The van der Waals surface area contributed by atoms with Crippen LogP contribution in [0, 0.1) is 0 Å². The molecule has 0 aliphatic heterocycles. The van der Waals surface area contributed by atoms with Gasteiger partial charge in [-0.2, -0.15) is 11.3 Å². The van der Waals surface area contributed by atoms with Crippen LogP contribution in [0.25, 0.3) is 0 Å². The molecule has 1 aromatic heterocycles. The fraction of sp³-hybridized carbons (Fsp3) is 0.267. The van der Waals surface area contributed by atoms with Crippen molar-refractivity contribution in [3.05, 3.63) is 46.7 Å². The number of halogens is 1. The molecule has 3 N–H and O–H groups in total. The molecular formula is C15H20IN3OS. The van der Waals surface area contributed by atoms with Gasteiger partial charge in [0.2, 0.25) is 0 Å². The second-order valence-corrected chi connectivity index (χ2v) is 5.43. The highest BCUT2D eigenvalue weighted by Crippen LogP contribution is 2.16. The summed E-state index contributed by atoms with van der Waals surface area (Å²) in [4.78, 5) is 4.29. The van der Waals surface area contributed by atoms with Gasteiger partial charge in [-0.15, -0.1) is 24.0 Å². The van der Waals surface area contributed by atoms with Gasteiger partial charge < -0.3 is 15.8 Å². The number of nitrogens with one attached hydrogen (secondary N) is 1. The van der Waals surface area contributed by atoms with Crippen molar-refractivity contribution in [3.8, 4) is 5.75 Å². The van der Waals surface area contributed by atoms with Crippen molar-refractivity contribution < 1.29 is 4.74 Å². The molecule has 0 aliphatic carbocycles. The molecule has 0 saturated carbocycles. The molecule has 0 saturated heterocycles. The largest absolute Gasteiger partial charge is 0.491 e. The summed E-state index contributed by atoms with van der Waals surface area (Å²) in [6, 6.07) is 9.71. The Morgan fingerprint density at radius 3 is 2.57 bits per heavy atom. The molecule has 21 heavy (non-hydrogen) atoms. The minimum atomic E-state index is 0. The highest BCUT2D eigenvalue weighted by molar-refractivity contribution is 14.0. The standard InChI is InChI=1S/C15H19N3OS.HI/c1-11(2)19-14-5-3-13(4-6-14)18-15(16)17-9-12-7-8-20-10-12;/h3-8,10-11H,9H2,1-2H3,(H3,16,17,18);1H. The van der Waals surface area contributed by atoms with Crippen LogP contribution in [0.3, 0.4) is 0 Å². The maximum absolute atomic E-state index is 5.85. The van der Waals surface area contributed by atoms with Gasteiger partial charge in [0, 0.05) is 5.69 Å². The van der Waals surface area contributed by atoms with Crippen LogP contribution in [0.5, 0.6) is 5.75 Å². The zero-order valence-corrected chi connectivity index (χ0v) is 15.2. The van der Waals surface area contributed by atoms with Crippen LogP contribution >= 0.6 is 35.3 Å². The van der Waals surface area contributed by atoms with Crippen LogP contribution in [0.2, 0.25) is 0 Å². The van der Waals surface area contributed by atoms with Crippen molar-refractivity contribution in [1.82, 2.24) is 0 Å². The second kappa shape index (κ2) is 8.89. The summed E-state index contributed by atoms with van der Waals surface area (Å²) in [5.74, 6) is 1.26. The van der Waals surface area contributed by atoms with E-state index in [0.717, 1.165) is 11.4 Å². The van der Waals surface area contributed by atoms with Crippen molar-refractivity contribution in [3.63, 3.8) is 0 Å². The van der Waals surface area contributed by atoms with Gasteiger partial charge in [0.1, 0.15) is 5.75 Å². The normalized spacial score (nSPS) is 11.1. The van der Waals surface area contributed by atoms with Gasteiger partial charge in [-0.25, -0.2) is 4.99 Å². The maximum Gasteiger partial charge on any atom is 0.193 e. The third-order valence-electron chi connectivity index (χ3n) is 2.51. The molecule has 0 radical (unpaired) electrons. The SMILES string of the molecule is CC(C)Oc1ccc(NC(N)=NCc2ccsc2)cc1.I. The van der Waals surface area contributed by atoms with Crippen molar-refractivity contribution >= 4 is 47.0 Å². The lowest BCUT2D eigenvalue weighted by atomic mass is 10.3. The molecule has 6 heteroatoms. The van der Waals surface area contributed by atoms with Crippen LogP contribution in [0.4, 0.5) is 5.69 Å². The van der Waals surface area contributed by atoms with E-state index in [2.05, 4.69) is 15.7 Å². The van der Waals surface area contributed by atoms with Gasteiger partial charge in [-0.05, 0) is 60.5 Å². The Morgan fingerprint density at radius 2 is 2.00 bits per heavy atom. The minimum Gasteiger partial charge on any atom is -0.491 e. The number of nitrogens with zero attached hydrogens (tertiary/aromatic N) is 1. The van der Waals surface area contributed by atoms with E-state index in [1.54, 1.807) is 11.3 Å². The fourth-order valence-electron chi connectivity index (χ4n) is 1.64. The quantitative estimate of drug-likeness (QED) is 0.438. The monoisotopic (exact) mass is 417 g/mol. The first-order valence-corrected chi connectivity index (χ1v) is 7.42. The van der Waals surface area contributed by atoms with E-state index in [1.807, 2.05) is 49.6 Å². The van der Waals surface area contributed by atoms with Crippen LogP contribution in [0.1, 0.15) is 19.4 Å². The highest BCUT2D eigenvalue weighted by Gasteiger charge is 1.99. The number of anilines is 1. The molecule has 2 rings (SSSR count).